The highest BCUT2D eigenvalue weighted by molar-refractivity contribution is 9.10. The van der Waals surface area contributed by atoms with Crippen LogP contribution in [0.2, 0.25) is 0 Å². The van der Waals surface area contributed by atoms with Crippen molar-refractivity contribution in [2.24, 2.45) is 0 Å². The summed E-state index contributed by atoms with van der Waals surface area (Å²) in [5.41, 5.74) is 0. The Labute approximate surface area is 139 Å². The van der Waals surface area contributed by atoms with Gasteiger partial charge >= 0.3 is 0 Å². The lowest BCUT2D eigenvalue weighted by Gasteiger charge is -2.27. The average molecular weight is 380 g/mol. The van der Waals surface area contributed by atoms with Crippen molar-refractivity contribution in [2.75, 3.05) is 40.0 Å². The number of benzene rings is 1. The van der Waals surface area contributed by atoms with Gasteiger partial charge in [0.1, 0.15) is 18.4 Å². The number of rotatable bonds is 5. The maximum absolute atomic E-state index is 12.1. The van der Waals surface area contributed by atoms with E-state index in [9.17, 15) is 4.79 Å². The molecule has 2 rings (SSSR count). The molecular formula is C14H20BrClN2O3. The SMILES string of the molecule is CN(CCOc1ccc(Br)cc1)C(=O)C1COCCN1.Cl. The molecule has 1 aliphatic heterocycles. The van der Waals surface area contributed by atoms with Gasteiger partial charge in [-0.15, -0.1) is 12.4 Å². The number of morpholine rings is 1. The quantitative estimate of drug-likeness (QED) is 0.846. The third kappa shape index (κ3) is 5.82. The fraction of sp³-hybridized carbons (Fsp3) is 0.500. The monoisotopic (exact) mass is 378 g/mol. The van der Waals surface area contributed by atoms with Gasteiger partial charge in [-0.3, -0.25) is 4.79 Å². The molecule has 0 aromatic heterocycles. The lowest BCUT2D eigenvalue weighted by molar-refractivity contribution is -0.135. The second-order valence-corrected chi connectivity index (χ2v) is 5.56. The second kappa shape index (κ2) is 9.25. The molecule has 0 radical (unpaired) electrons. The van der Waals surface area contributed by atoms with Gasteiger partial charge in [0, 0.05) is 18.1 Å². The zero-order valence-corrected chi connectivity index (χ0v) is 14.3. The van der Waals surface area contributed by atoms with Crippen LogP contribution in [-0.4, -0.2) is 56.8 Å². The summed E-state index contributed by atoms with van der Waals surface area (Å²) in [6.45, 7) is 2.85. The van der Waals surface area contributed by atoms with E-state index in [1.807, 2.05) is 24.3 Å². The van der Waals surface area contributed by atoms with Crippen molar-refractivity contribution in [1.82, 2.24) is 10.2 Å². The summed E-state index contributed by atoms with van der Waals surface area (Å²) in [5.74, 6) is 0.845. The minimum atomic E-state index is -0.235. The van der Waals surface area contributed by atoms with Crippen LogP contribution in [0.5, 0.6) is 5.75 Å². The van der Waals surface area contributed by atoms with Crippen LogP contribution < -0.4 is 10.1 Å². The topological polar surface area (TPSA) is 50.8 Å². The molecular weight excluding hydrogens is 360 g/mol. The first-order chi connectivity index (χ1) is 9.66. The van der Waals surface area contributed by atoms with E-state index in [1.54, 1.807) is 11.9 Å². The molecule has 5 nitrogen and oxygen atoms in total. The zero-order chi connectivity index (χ0) is 14.4. The fourth-order valence-electron chi connectivity index (χ4n) is 1.93. The number of amides is 1. The van der Waals surface area contributed by atoms with E-state index < -0.39 is 0 Å². The highest BCUT2D eigenvalue weighted by atomic mass is 79.9. The summed E-state index contributed by atoms with van der Waals surface area (Å²) in [4.78, 5) is 13.8. The second-order valence-electron chi connectivity index (χ2n) is 4.64. The van der Waals surface area contributed by atoms with E-state index in [0.717, 1.165) is 16.8 Å². The van der Waals surface area contributed by atoms with Gasteiger partial charge in [-0.1, -0.05) is 15.9 Å². The molecule has 1 aliphatic rings. The molecule has 7 heteroatoms. The molecule has 1 fully saturated rings. The van der Waals surface area contributed by atoms with Gasteiger partial charge in [-0.2, -0.15) is 0 Å². The third-order valence-electron chi connectivity index (χ3n) is 3.11. The average Bonchev–Trinajstić information content (AvgIpc) is 2.49. The van der Waals surface area contributed by atoms with E-state index in [2.05, 4.69) is 21.2 Å². The number of ether oxygens (including phenoxy) is 2. The Hall–Kier alpha value is -0.820. The van der Waals surface area contributed by atoms with Gasteiger partial charge in [-0.25, -0.2) is 0 Å². The van der Waals surface area contributed by atoms with Crippen molar-refractivity contribution in [2.45, 2.75) is 6.04 Å². The van der Waals surface area contributed by atoms with Crippen LogP contribution in [0, 0.1) is 0 Å². The van der Waals surface area contributed by atoms with Crippen LogP contribution in [0.15, 0.2) is 28.7 Å². The first-order valence-corrected chi connectivity index (χ1v) is 7.40. The molecule has 1 atom stereocenters. The predicted molar refractivity (Wildman–Crippen MR) is 87.1 cm³/mol. The largest absolute Gasteiger partial charge is 0.492 e. The molecule has 21 heavy (non-hydrogen) atoms. The molecule has 1 saturated heterocycles. The van der Waals surface area contributed by atoms with Gasteiger partial charge in [-0.05, 0) is 24.3 Å². The van der Waals surface area contributed by atoms with E-state index in [1.165, 1.54) is 0 Å². The standard InChI is InChI=1S/C14H19BrN2O3.ClH/c1-17(14(18)13-10-19-8-6-16-13)7-9-20-12-4-2-11(15)3-5-12;/h2-5,13,16H,6-10H2,1H3;1H. The molecule has 0 saturated carbocycles. The fourth-order valence-corrected chi connectivity index (χ4v) is 2.20. The van der Waals surface area contributed by atoms with Crippen molar-refractivity contribution in [3.8, 4) is 5.75 Å². The molecule has 1 heterocycles. The number of halogens is 2. The molecule has 1 aromatic carbocycles. The minimum absolute atomic E-state index is 0. The molecule has 1 unspecified atom stereocenters. The van der Waals surface area contributed by atoms with Crippen LogP contribution in [0.25, 0.3) is 0 Å². The zero-order valence-electron chi connectivity index (χ0n) is 11.9. The Bertz CT molecular complexity index is 438. The molecule has 1 amide bonds. The van der Waals surface area contributed by atoms with Crippen LogP contribution >= 0.6 is 28.3 Å². The Morgan fingerprint density at radius 2 is 2.19 bits per heavy atom. The first-order valence-electron chi connectivity index (χ1n) is 6.61. The predicted octanol–water partition coefficient (Wildman–Crippen LogP) is 1.70. The maximum atomic E-state index is 12.1. The number of carbonyl (C=O) groups is 1. The van der Waals surface area contributed by atoms with Gasteiger partial charge in [0.2, 0.25) is 5.91 Å². The number of nitrogens with one attached hydrogen (secondary N) is 1. The lowest BCUT2D eigenvalue weighted by atomic mass is 10.2. The number of carbonyl (C=O) groups excluding carboxylic acids is 1. The Kier molecular flexibility index (Phi) is 8.03. The molecule has 0 bridgehead atoms. The summed E-state index contributed by atoms with van der Waals surface area (Å²) in [5, 5.41) is 3.15. The first kappa shape index (κ1) is 18.2. The smallest absolute Gasteiger partial charge is 0.241 e. The van der Waals surface area contributed by atoms with Crippen LogP contribution in [0.3, 0.4) is 0 Å². The van der Waals surface area contributed by atoms with Crippen LogP contribution in [0.4, 0.5) is 0 Å². The van der Waals surface area contributed by atoms with Gasteiger partial charge in [0.25, 0.3) is 0 Å². The summed E-state index contributed by atoms with van der Waals surface area (Å²) >= 11 is 3.37. The number of hydrogen-bond acceptors (Lipinski definition) is 4. The van der Waals surface area contributed by atoms with Crippen LogP contribution in [0.1, 0.15) is 0 Å². The van der Waals surface area contributed by atoms with Gasteiger partial charge in [0.05, 0.1) is 19.8 Å². The minimum Gasteiger partial charge on any atom is -0.492 e. The molecule has 1 N–H and O–H groups in total. The number of hydrogen-bond donors (Lipinski definition) is 1. The molecule has 0 spiro atoms. The van der Waals surface area contributed by atoms with Gasteiger partial charge in [0.15, 0.2) is 0 Å². The van der Waals surface area contributed by atoms with Crippen molar-refractivity contribution in [3.63, 3.8) is 0 Å². The van der Waals surface area contributed by atoms with E-state index in [-0.39, 0.29) is 24.4 Å². The molecule has 0 aliphatic carbocycles. The van der Waals surface area contributed by atoms with Crippen molar-refractivity contribution < 1.29 is 14.3 Å². The van der Waals surface area contributed by atoms with Crippen molar-refractivity contribution >= 4 is 34.2 Å². The summed E-state index contributed by atoms with van der Waals surface area (Å²) in [6, 6.07) is 7.40. The van der Waals surface area contributed by atoms with E-state index in [4.69, 9.17) is 9.47 Å². The number of nitrogens with zero attached hydrogens (tertiary/aromatic N) is 1. The van der Waals surface area contributed by atoms with Crippen molar-refractivity contribution in [1.29, 1.82) is 0 Å². The summed E-state index contributed by atoms with van der Waals surface area (Å²) in [7, 11) is 1.78. The highest BCUT2D eigenvalue weighted by Crippen LogP contribution is 2.15. The Morgan fingerprint density at radius 1 is 1.48 bits per heavy atom. The van der Waals surface area contributed by atoms with Crippen molar-refractivity contribution in [3.05, 3.63) is 28.7 Å². The van der Waals surface area contributed by atoms with E-state index >= 15 is 0 Å². The summed E-state index contributed by atoms with van der Waals surface area (Å²) in [6.07, 6.45) is 0. The van der Waals surface area contributed by atoms with Crippen LogP contribution in [-0.2, 0) is 9.53 Å². The highest BCUT2D eigenvalue weighted by Gasteiger charge is 2.23. The molecule has 118 valence electrons. The maximum Gasteiger partial charge on any atom is 0.241 e. The Morgan fingerprint density at radius 3 is 2.81 bits per heavy atom. The summed E-state index contributed by atoms with van der Waals surface area (Å²) < 4.78 is 11.9. The van der Waals surface area contributed by atoms with E-state index in [0.29, 0.717) is 26.4 Å². The lowest BCUT2D eigenvalue weighted by Crippen LogP contribution is -2.52. The van der Waals surface area contributed by atoms with Gasteiger partial charge < -0.3 is 19.7 Å². The number of likely N-dealkylation sites (N-methyl/N-ethyl adjacent to an activating group) is 1. The third-order valence-corrected chi connectivity index (χ3v) is 3.63. The molecule has 1 aromatic rings. The Balaban J connectivity index is 0.00000220. The normalized spacial score (nSPS) is 17.7.